The molecule has 1 saturated heterocycles. The standard InChI is InChI=1S/C22H19N3O3/c1-3-24-13-15(16-9-5-7-11-19(16)24)12-17-20(26)23-22(28)25(21(17)27)18-10-6-4-8-14(18)2/h4-13H,3H2,1-2H3,(H,23,26,28)/b17-12+. The molecule has 6 heteroatoms. The summed E-state index contributed by atoms with van der Waals surface area (Å²) in [6.07, 6.45) is 3.47. The lowest BCUT2D eigenvalue weighted by molar-refractivity contribution is -0.122. The number of amides is 4. The fourth-order valence-corrected chi connectivity index (χ4v) is 3.50. The number of benzene rings is 2. The van der Waals surface area contributed by atoms with E-state index in [2.05, 4.69) is 9.88 Å². The Bertz CT molecular complexity index is 1160. The number of hydrogen-bond acceptors (Lipinski definition) is 3. The van der Waals surface area contributed by atoms with Gasteiger partial charge in [-0.15, -0.1) is 0 Å². The fourth-order valence-electron chi connectivity index (χ4n) is 3.50. The molecule has 1 N–H and O–H groups in total. The number of carbonyl (C=O) groups excluding carboxylic acids is 3. The van der Waals surface area contributed by atoms with Gasteiger partial charge in [0.05, 0.1) is 5.69 Å². The first-order chi connectivity index (χ1) is 13.5. The molecule has 3 aromatic rings. The molecule has 0 spiro atoms. The van der Waals surface area contributed by atoms with E-state index in [9.17, 15) is 14.4 Å². The number of imide groups is 2. The Morgan fingerprint density at radius 3 is 2.46 bits per heavy atom. The third-order valence-electron chi connectivity index (χ3n) is 4.92. The Morgan fingerprint density at radius 2 is 1.71 bits per heavy atom. The molecule has 1 aliphatic heterocycles. The van der Waals surface area contributed by atoms with Crippen LogP contribution < -0.4 is 10.2 Å². The first kappa shape index (κ1) is 17.7. The number of nitrogens with one attached hydrogen (secondary N) is 1. The number of para-hydroxylation sites is 2. The summed E-state index contributed by atoms with van der Waals surface area (Å²) < 4.78 is 2.05. The lowest BCUT2D eigenvalue weighted by Gasteiger charge is -2.27. The molecule has 0 saturated carbocycles. The van der Waals surface area contributed by atoms with Gasteiger partial charge in [0, 0.05) is 29.2 Å². The zero-order valence-corrected chi connectivity index (χ0v) is 15.6. The molecule has 28 heavy (non-hydrogen) atoms. The molecule has 4 rings (SSSR count). The molecule has 0 aliphatic carbocycles. The van der Waals surface area contributed by atoms with E-state index in [4.69, 9.17) is 0 Å². The largest absolute Gasteiger partial charge is 0.347 e. The summed E-state index contributed by atoms with van der Waals surface area (Å²) >= 11 is 0. The molecule has 1 fully saturated rings. The van der Waals surface area contributed by atoms with Crippen molar-refractivity contribution in [3.63, 3.8) is 0 Å². The third-order valence-corrected chi connectivity index (χ3v) is 4.92. The number of aryl methyl sites for hydroxylation is 2. The summed E-state index contributed by atoms with van der Waals surface area (Å²) in [5, 5.41) is 3.22. The molecule has 1 aromatic heterocycles. The maximum atomic E-state index is 13.1. The molecule has 0 radical (unpaired) electrons. The Balaban J connectivity index is 1.83. The van der Waals surface area contributed by atoms with Gasteiger partial charge in [-0.25, -0.2) is 9.69 Å². The van der Waals surface area contributed by atoms with Gasteiger partial charge in [-0.1, -0.05) is 36.4 Å². The van der Waals surface area contributed by atoms with Crippen molar-refractivity contribution >= 4 is 40.5 Å². The van der Waals surface area contributed by atoms with Crippen molar-refractivity contribution in [3.8, 4) is 0 Å². The third kappa shape index (κ3) is 2.79. The highest BCUT2D eigenvalue weighted by Gasteiger charge is 2.37. The molecule has 140 valence electrons. The van der Waals surface area contributed by atoms with Gasteiger partial charge >= 0.3 is 6.03 Å². The molecule has 0 bridgehead atoms. The van der Waals surface area contributed by atoms with E-state index >= 15 is 0 Å². The van der Waals surface area contributed by atoms with E-state index in [1.807, 2.05) is 56.4 Å². The van der Waals surface area contributed by atoms with Gasteiger partial charge in [0.1, 0.15) is 5.57 Å². The lowest BCUT2D eigenvalue weighted by Crippen LogP contribution is -2.54. The summed E-state index contributed by atoms with van der Waals surface area (Å²) in [6.45, 7) is 4.60. The molecular weight excluding hydrogens is 354 g/mol. The van der Waals surface area contributed by atoms with Crippen LogP contribution in [0.4, 0.5) is 10.5 Å². The van der Waals surface area contributed by atoms with Gasteiger partial charge in [-0.3, -0.25) is 14.9 Å². The van der Waals surface area contributed by atoms with E-state index in [1.165, 1.54) is 0 Å². The summed E-state index contributed by atoms with van der Waals surface area (Å²) in [5.41, 5.74) is 2.94. The second-order valence-corrected chi connectivity index (χ2v) is 6.63. The molecule has 4 amide bonds. The number of nitrogens with zero attached hydrogens (tertiary/aromatic N) is 2. The summed E-state index contributed by atoms with van der Waals surface area (Å²) in [5.74, 6) is -1.32. The highest BCUT2D eigenvalue weighted by Crippen LogP contribution is 2.27. The van der Waals surface area contributed by atoms with Crippen molar-refractivity contribution in [1.29, 1.82) is 0 Å². The molecule has 0 unspecified atom stereocenters. The summed E-state index contributed by atoms with van der Waals surface area (Å²) in [6, 6.07) is 14.1. The first-order valence-electron chi connectivity index (χ1n) is 9.06. The number of hydrogen-bond donors (Lipinski definition) is 1. The van der Waals surface area contributed by atoms with E-state index in [1.54, 1.807) is 18.2 Å². The van der Waals surface area contributed by atoms with Crippen LogP contribution in [0, 0.1) is 6.92 Å². The highest BCUT2D eigenvalue weighted by molar-refractivity contribution is 6.39. The first-order valence-corrected chi connectivity index (χ1v) is 9.06. The van der Waals surface area contributed by atoms with Gasteiger partial charge < -0.3 is 4.57 Å². The second kappa shape index (κ2) is 6.81. The van der Waals surface area contributed by atoms with Crippen molar-refractivity contribution in [2.45, 2.75) is 20.4 Å². The quantitative estimate of drug-likeness (QED) is 0.563. The molecule has 2 heterocycles. The van der Waals surface area contributed by atoms with Gasteiger partial charge in [0.15, 0.2) is 0 Å². The summed E-state index contributed by atoms with van der Waals surface area (Å²) in [7, 11) is 0. The smallest absolute Gasteiger partial charge is 0.335 e. The molecule has 2 aromatic carbocycles. The molecule has 1 aliphatic rings. The van der Waals surface area contributed by atoms with Crippen LogP contribution in [0.5, 0.6) is 0 Å². The highest BCUT2D eigenvalue weighted by atomic mass is 16.2. The number of fused-ring (bicyclic) bond motifs is 1. The zero-order valence-electron chi connectivity index (χ0n) is 15.6. The van der Waals surface area contributed by atoms with Crippen molar-refractivity contribution in [2.75, 3.05) is 4.90 Å². The van der Waals surface area contributed by atoms with Crippen LogP contribution in [0.25, 0.3) is 17.0 Å². The Labute approximate surface area is 162 Å². The van der Waals surface area contributed by atoms with Crippen molar-refractivity contribution in [3.05, 3.63) is 71.4 Å². The molecule has 0 atom stereocenters. The van der Waals surface area contributed by atoms with Crippen LogP contribution in [0.3, 0.4) is 0 Å². The average molecular weight is 373 g/mol. The predicted molar refractivity (Wildman–Crippen MR) is 108 cm³/mol. The van der Waals surface area contributed by atoms with Crippen LogP contribution >= 0.6 is 0 Å². The maximum Gasteiger partial charge on any atom is 0.335 e. The van der Waals surface area contributed by atoms with Crippen molar-refractivity contribution < 1.29 is 14.4 Å². The van der Waals surface area contributed by atoms with Crippen LogP contribution in [-0.4, -0.2) is 22.4 Å². The predicted octanol–water partition coefficient (Wildman–Crippen LogP) is 3.64. The monoisotopic (exact) mass is 373 g/mol. The van der Waals surface area contributed by atoms with Gasteiger partial charge in [-0.2, -0.15) is 0 Å². The van der Waals surface area contributed by atoms with Crippen LogP contribution in [0.15, 0.2) is 60.3 Å². The van der Waals surface area contributed by atoms with Gasteiger partial charge in [0.2, 0.25) is 0 Å². The zero-order chi connectivity index (χ0) is 19.8. The minimum Gasteiger partial charge on any atom is -0.347 e. The summed E-state index contributed by atoms with van der Waals surface area (Å²) in [4.78, 5) is 38.9. The maximum absolute atomic E-state index is 13.1. The van der Waals surface area contributed by atoms with E-state index in [0.29, 0.717) is 5.69 Å². The normalized spacial score (nSPS) is 16.1. The number of carbonyl (C=O) groups is 3. The lowest BCUT2D eigenvalue weighted by atomic mass is 10.1. The number of aromatic nitrogens is 1. The number of barbiturate groups is 1. The SMILES string of the molecule is CCn1cc(/C=C2\C(=O)NC(=O)N(c3ccccc3C)C2=O)c2ccccc21. The topological polar surface area (TPSA) is 71.4 Å². The van der Waals surface area contributed by atoms with Crippen molar-refractivity contribution in [1.82, 2.24) is 9.88 Å². The minimum absolute atomic E-state index is 0.0677. The van der Waals surface area contributed by atoms with Gasteiger partial charge in [-0.05, 0) is 37.6 Å². The Kier molecular flexibility index (Phi) is 4.31. The molecule has 6 nitrogen and oxygen atoms in total. The average Bonchev–Trinajstić information content (AvgIpc) is 3.04. The van der Waals surface area contributed by atoms with Crippen LogP contribution in [0.2, 0.25) is 0 Å². The van der Waals surface area contributed by atoms with Crippen LogP contribution in [0.1, 0.15) is 18.1 Å². The number of urea groups is 1. The van der Waals surface area contributed by atoms with Crippen molar-refractivity contribution in [2.24, 2.45) is 0 Å². The Morgan fingerprint density at radius 1 is 1.00 bits per heavy atom. The number of rotatable bonds is 3. The van der Waals surface area contributed by atoms with Crippen LogP contribution in [-0.2, 0) is 16.1 Å². The van der Waals surface area contributed by atoms with E-state index < -0.39 is 17.8 Å². The fraction of sp³-hybridized carbons (Fsp3) is 0.136. The molecular formula is C22H19N3O3. The number of anilines is 1. The van der Waals surface area contributed by atoms with E-state index in [0.717, 1.165) is 33.5 Å². The van der Waals surface area contributed by atoms with E-state index in [-0.39, 0.29) is 5.57 Å². The van der Waals surface area contributed by atoms with Gasteiger partial charge in [0.25, 0.3) is 11.8 Å². The minimum atomic E-state index is -0.738. The second-order valence-electron chi connectivity index (χ2n) is 6.63. The Hall–Kier alpha value is -3.67.